The Morgan fingerprint density at radius 2 is 2.00 bits per heavy atom. The van der Waals surface area contributed by atoms with E-state index in [4.69, 9.17) is 0 Å². The van der Waals surface area contributed by atoms with Crippen LogP contribution in [0.25, 0.3) is 0 Å². The van der Waals surface area contributed by atoms with Crippen molar-refractivity contribution in [2.45, 2.75) is 59.3 Å². The molecule has 0 aromatic carbocycles. The van der Waals surface area contributed by atoms with Crippen molar-refractivity contribution in [3.63, 3.8) is 0 Å². The molecule has 1 amide bonds. The highest BCUT2D eigenvalue weighted by Crippen LogP contribution is 2.06. The van der Waals surface area contributed by atoms with Crippen molar-refractivity contribution in [3.05, 3.63) is 17.5 Å². The van der Waals surface area contributed by atoms with Crippen LogP contribution in [0.1, 0.15) is 57.8 Å². The van der Waals surface area contributed by atoms with E-state index in [1.54, 1.807) is 0 Å². The standard InChI is InChI=1S/C14H25N3O/c1-4-7-8-9-10-15-14(18)17-13(6-3)11-12(5-2)16-17/h11H,4-10H2,1-3H3,(H,15,18). The minimum absolute atomic E-state index is 0.0944. The number of aromatic nitrogens is 2. The van der Waals surface area contributed by atoms with Crippen molar-refractivity contribution in [3.8, 4) is 0 Å². The highest BCUT2D eigenvalue weighted by atomic mass is 16.2. The van der Waals surface area contributed by atoms with E-state index in [1.807, 2.05) is 13.0 Å². The molecule has 0 spiro atoms. The van der Waals surface area contributed by atoms with Gasteiger partial charge in [0.25, 0.3) is 0 Å². The maximum atomic E-state index is 12.0. The summed E-state index contributed by atoms with van der Waals surface area (Å²) in [5.41, 5.74) is 1.96. The second kappa shape index (κ2) is 7.90. The van der Waals surface area contributed by atoms with Crippen molar-refractivity contribution in [2.24, 2.45) is 0 Å². The SMILES string of the molecule is CCCCCCNC(=O)n1nc(CC)cc1CC. The Morgan fingerprint density at radius 3 is 2.61 bits per heavy atom. The number of amides is 1. The average molecular weight is 251 g/mol. The highest BCUT2D eigenvalue weighted by molar-refractivity contribution is 5.76. The fraction of sp³-hybridized carbons (Fsp3) is 0.714. The first-order valence-electron chi connectivity index (χ1n) is 7.08. The van der Waals surface area contributed by atoms with Crippen molar-refractivity contribution in [1.29, 1.82) is 0 Å². The smallest absolute Gasteiger partial charge is 0.336 e. The van der Waals surface area contributed by atoms with E-state index in [-0.39, 0.29) is 6.03 Å². The molecule has 18 heavy (non-hydrogen) atoms. The molecule has 0 unspecified atom stereocenters. The van der Waals surface area contributed by atoms with E-state index in [9.17, 15) is 4.79 Å². The first-order valence-corrected chi connectivity index (χ1v) is 7.08. The average Bonchev–Trinajstić information content (AvgIpc) is 2.81. The molecule has 102 valence electrons. The lowest BCUT2D eigenvalue weighted by molar-refractivity contribution is 0.238. The van der Waals surface area contributed by atoms with Gasteiger partial charge in [-0.25, -0.2) is 4.79 Å². The summed E-state index contributed by atoms with van der Waals surface area (Å²) in [6.45, 7) is 7.02. The first kappa shape index (κ1) is 14.7. The fourth-order valence-electron chi connectivity index (χ4n) is 1.90. The Balaban J connectivity index is 2.47. The Hall–Kier alpha value is -1.32. The minimum Gasteiger partial charge on any atom is -0.336 e. The van der Waals surface area contributed by atoms with Gasteiger partial charge in [0.05, 0.1) is 5.69 Å². The number of hydrogen-bond acceptors (Lipinski definition) is 2. The van der Waals surface area contributed by atoms with Crippen LogP contribution in [-0.4, -0.2) is 22.4 Å². The number of carbonyl (C=O) groups is 1. The highest BCUT2D eigenvalue weighted by Gasteiger charge is 2.11. The lowest BCUT2D eigenvalue weighted by Gasteiger charge is -2.06. The van der Waals surface area contributed by atoms with Gasteiger partial charge in [-0.15, -0.1) is 0 Å². The van der Waals surface area contributed by atoms with E-state index < -0.39 is 0 Å². The second-order valence-corrected chi connectivity index (χ2v) is 4.54. The van der Waals surface area contributed by atoms with Gasteiger partial charge in [0, 0.05) is 12.2 Å². The zero-order chi connectivity index (χ0) is 13.4. The first-order chi connectivity index (χ1) is 8.72. The van der Waals surface area contributed by atoms with Gasteiger partial charge in [0.15, 0.2) is 0 Å². The third-order valence-corrected chi connectivity index (χ3v) is 3.06. The topological polar surface area (TPSA) is 46.9 Å². The number of hydrogen-bond donors (Lipinski definition) is 1. The largest absolute Gasteiger partial charge is 0.342 e. The lowest BCUT2D eigenvalue weighted by Crippen LogP contribution is -2.31. The van der Waals surface area contributed by atoms with Crippen LogP contribution < -0.4 is 5.32 Å². The minimum atomic E-state index is -0.0944. The number of rotatable bonds is 7. The number of carbonyl (C=O) groups excluding carboxylic acids is 1. The quantitative estimate of drug-likeness (QED) is 0.757. The molecule has 4 heteroatoms. The Labute approximate surface area is 110 Å². The van der Waals surface area contributed by atoms with Gasteiger partial charge in [-0.2, -0.15) is 9.78 Å². The molecule has 0 saturated heterocycles. The third-order valence-electron chi connectivity index (χ3n) is 3.06. The summed E-state index contributed by atoms with van der Waals surface area (Å²) in [5.74, 6) is 0. The van der Waals surface area contributed by atoms with Crippen molar-refractivity contribution < 1.29 is 4.79 Å². The molecular formula is C14H25N3O. The van der Waals surface area contributed by atoms with Gasteiger partial charge in [0.2, 0.25) is 0 Å². The number of unbranched alkanes of at least 4 members (excludes halogenated alkanes) is 3. The summed E-state index contributed by atoms with van der Waals surface area (Å²) in [7, 11) is 0. The van der Waals surface area contributed by atoms with Gasteiger partial charge >= 0.3 is 6.03 Å². The van der Waals surface area contributed by atoms with Gasteiger partial charge in [-0.1, -0.05) is 40.0 Å². The summed E-state index contributed by atoms with van der Waals surface area (Å²) >= 11 is 0. The Morgan fingerprint density at radius 1 is 1.22 bits per heavy atom. The molecule has 0 radical (unpaired) electrons. The summed E-state index contributed by atoms with van der Waals surface area (Å²) in [5, 5.41) is 7.25. The molecule has 1 aromatic heterocycles. The Kier molecular flexibility index (Phi) is 6.47. The molecule has 1 N–H and O–H groups in total. The lowest BCUT2D eigenvalue weighted by atomic mass is 10.2. The molecule has 0 aliphatic rings. The van der Waals surface area contributed by atoms with Crippen LogP contribution in [0.4, 0.5) is 4.79 Å². The molecule has 1 aromatic rings. The monoisotopic (exact) mass is 251 g/mol. The van der Waals surface area contributed by atoms with Crippen LogP contribution in [-0.2, 0) is 12.8 Å². The molecule has 0 aliphatic carbocycles. The van der Waals surface area contributed by atoms with Crippen LogP contribution in [0.2, 0.25) is 0 Å². The molecular weight excluding hydrogens is 226 g/mol. The normalized spacial score (nSPS) is 10.6. The van der Waals surface area contributed by atoms with E-state index in [0.717, 1.165) is 37.2 Å². The maximum absolute atomic E-state index is 12.0. The summed E-state index contributed by atoms with van der Waals surface area (Å²) in [4.78, 5) is 12.0. The molecule has 0 atom stereocenters. The molecule has 4 nitrogen and oxygen atoms in total. The number of aryl methyl sites for hydroxylation is 2. The maximum Gasteiger partial charge on any atom is 0.342 e. The molecule has 0 aliphatic heterocycles. The van der Waals surface area contributed by atoms with Gasteiger partial charge in [-0.3, -0.25) is 0 Å². The van der Waals surface area contributed by atoms with Crippen LogP contribution in [0.15, 0.2) is 6.07 Å². The molecule has 0 saturated carbocycles. The van der Waals surface area contributed by atoms with Crippen molar-refractivity contribution >= 4 is 6.03 Å². The summed E-state index contributed by atoms with van der Waals surface area (Å²) in [6.07, 6.45) is 6.37. The predicted molar refractivity (Wildman–Crippen MR) is 73.9 cm³/mol. The van der Waals surface area contributed by atoms with E-state index in [1.165, 1.54) is 23.9 Å². The van der Waals surface area contributed by atoms with Crippen molar-refractivity contribution in [2.75, 3.05) is 6.54 Å². The summed E-state index contributed by atoms with van der Waals surface area (Å²) < 4.78 is 1.51. The van der Waals surface area contributed by atoms with Gasteiger partial charge < -0.3 is 5.32 Å². The van der Waals surface area contributed by atoms with Crippen LogP contribution >= 0.6 is 0 Å². The molecule has 1 rings (SSSR count). The predicted octanol–water partition coefficient (Wildman–Crippen LogP) is 3.15. The van der Waals surface area contributed by atoms with Crippen LogP contribution in [0.3, 0.4) is 0 Å². The number of nitrogens with one attached hydrogen (secondary N) is 1. The molecule has 0 fully saturated rings. The van der Waals surface area contributed by atoms with E-state index in [0.29, 0.717) is 0 Å². The summed E-state index contributed by atoms with van der Waals surface area (Å²) in [6, 6.07) is 1.92. The van der Waals surface area contributed by atoms with Crippen LogP contribution in [0.5, 0.6) is 0 Å². The zero-order valence-electron chi connectivity index (χ0n) is 11.8. The molecule has 1 heterocycles. The Bertz CT molecular complexity index is 371. The van der Waals surface area contributed by atoms with Crippen molar-refractivity contribution in [1.82, 2.24) is 15.1 Å². The van der Waals surface area contributed by atoms with E-state index >= 15 is 0 Å². The van der Waals surface area contributed by atoms with E-state index in [2.05, 4.69) is 24.3 Å². The fourth-order valence-corrected chi connectivity index (χ4v) is 1.90. The third kappa shape index (κ3) is 4.17. The second-order valence-electron chi connectivity index (χ2n) is 4.54. The number of nitrogens with zero attached hydrogens (tertiary/aromatic N) is 2. The van der Waals surface area contributed by atoms with Gasteiger partial charge in [0.1, 0.15) is 0 Å². The molecule has 0 bridgehead atoms. The van der Waals surface area contributed by atoms with Crippen LogP contribution in [0, 0.1) is 0 Å². The van der Waals surface area contributed by atoms with Gasteiger partial charge in [-0.05, 0) is 25.3 Å². The zero-order valence-corrected chi connectivity index (χ0v) is 11.8.